The Morgan fingerprint density at radius 1 is 1.33 bits per heavy atom. The van der Waals surface area contributed by atoms with Gasteiger partial charge in [0, 0.05) is 37.6 Å². The lowest BCUT2D eigenvalue weighted by Gasteiger charge is -2.37. The largest absolute Gasteiger partial charge is 0.416 e. The molecule has 30 heavy (non-hydrogen) atoms. The quantitative estimate of drug-likeness (QED) is 0.301. The first-order chi connectivity index (χ1) is 13.9. The highest BCUT2D eigenvalue weighted by Crippen LogP contribution is 2.38. The minimum Gasteiger partial charge on any atom is -0.347 e. The second-order valence-corrected chi connectivity index (χ2v) is 7.62. The fourth-order valence-corrected chi connectivity index (χ4v) is 3.80. The molecule has 0 aliphatic carbocycles. The van der Waals surface area contributed by atoms with Gasteiger partial charge in [-0.3, -0.25) is 19.7 Å². The van der Waals surface area contributed by atoms with Crippen molar-refractivity contribution >= 4 is 29.0 Å². The van der Waals surface area contributed by atoms with E-state index in [1.807, 2.05) is 6.92 Å². The molecule has 0 saturated carbocycles. The highest BCUT2D eigenvalue weighted by atomic mass is 35.5. The van der Waals surface area contributed by atoms with Crippen LogP contribution in [0.2, 0.25) is 5.02 Å². The number of carbonyl (C=O) groups is 2. The van der Waals surface area contributed by atoms with Crippen LogP contribution in [0.15, 0.2) is 12.1 Å². The molecule has 2 fully saturated rings. The second kappa shape index (κ2) is 8.12. The van der Waals surface area contributed by atoms with Crippen LogP contribution in [0.4, 0.5) is 18.9 Å². The first-order valence-electron chi connectivity index (χ1n) is 9.10. The van der Waals surface area contributed by atoms with Crippen LogP contribution in [0.25, 0.3) is 0 Å². The lowest BCUT2D eigenvalue weighted by atomic mass is 10.0. The molecule has 1 aromatic rings. The molecule has 1 spiro atoms. The fourth-order valence-electron chi connectivity index (χ4n) is 3.52. The zero-order chi connectivity index (χ0) is 22.3. The molecule has 2 saturated heterocycles. The number of hydrogen-bond acceptors (Lipinski definition) is 6. The number of alkyl halides is 3. The molecule has 2 aliphatic rings. The van der Waals surface area contributed by atoms with E-state index in [9.17, 15) is 32.9 Å². The van der Waals surface area contributed by atoms with Gasteiger partial charge in [-0.05, 0) is 13.0 Å². The fraction of sp³-hybridized carbons (Fsp3) is 0.556. The number of ketones is 1. The topological polar surface area (TPSA) is 99.0 Å². The number of ether oxygens (including phenoxy) is 2. The summed E-state index contributed by atoms with van der Waals surface area (Å²) < 4.78 is 50.6. The third-order valence-electron chi connectivity index (χ3n) is 5.06. The minimum atomic E-state index is -4.92. The van der Waals surface area contributed by atoms with Gasteiger partial charge in [0.05, 0.1) is 29.6 Å². The number of likely N-dealkylation sites (tertiary alicyclic amines) is 1. The van der Waals surface area contributed by atoms with Crippen molar-refractivity contribution in [3.63, 3.8) is 0 Å². The third kappa shape index (κ3) is 4.57. The molecular weight excluding hydrogens is 433 g/mol. The number of hydrogen-bond donors (Lipinski definition) is 0. The van der Waals surface area contributed by atoms with Crippen molar-refractivity contribution in [3.05, 3.63) is 38.4 Å². The Hall–Kier alpha value is -2.24. The van der Waals surface area contributed by atoms with Gasteiger partial charge in [-0.2, -0.15) is 13.2 Å². The van der Waals surface area contributed by atoms with Crippen LogP contribution in [-0.4, -0.2) is 53.1 Å². The molecule has 2 aliphatic heterocycles. The number of rotatable bonds is 4. The molecule has 3 rings (SSSR count). The van der Waals surface area contributed by atoms with Crippen molar-refractivity contribution in [1.82, 2.24) is 4.90 Å². The maximum atomic E-state index is 13.1. The Morgan fingerprint density at radius 3 is 2.47 bits per heavy atom. The molecule has 1 amide bonds. The number of nitro groups is 1. The first kappa shape index (κ1) is 22.4. The second-order valence-electron chi connectivity index (χ2n) is 7.24. The van der Waals surface area contributed by atoms with Crippen LogP contribution in [0, 0.1) is 10.1 Å². The van der Waals surface area contributed by atoms with Gasteiger partial charge in [0.2, 0.25) is 5.91 Å². The van der Waals surface area contributed by atoms with E-state index >= 15 is 0 Å². The molecule has 1 aromatic carbocycles. The smallest absolute Gasteiger partial charge is 0.347 e. The Bertz CT molecular complexity index is 883. The average molecular weight is 451 g/mol. The van der Waals surface area contributed by atoms with Crippen molar-refractivity contribution in [1.29, 1.82) is 0 Å². The molecule has 0 N–H and O–H groups in total. The van der Waals surface area contributed by atoms with Gasteiger partial charge in [-0.15, -0.1) is 0 Å². The maximum absolute atomic E-state index is 13.1. The minimum absolute atomic E-state index is 0.0623. The highest BCUT2D eigenvalue weighted by molar-refractivity contribution is 6.36. The van der Waals surface area contributed by atoms with Gasteiger partial charge in [-0.1, -0.05) is 11.6 Å². The SMILES string of the molecule is C[C@H]1COC2(CCN(C(=O)CC(=O)c3cc(C(F)(F)F)cc([N+](=O)[O-])c3Cl)CC2)O1. The number of Topliss-reactive ketones (excluding diaryl/α,β-unsaturated/α-hetero) is 1. The summed E-state index contributed by atoms with van der Waals surface area (Å²) in [6.45, 7) is 2.80. The number of benzene rings is 1. The Morgan fingerprint density at radius 2 is 1.97 bits per heavy atom. The summed E-state index contributed by atoms with van der Waals surface area (Å²) in [5, 5.41) is 10.3. The number of halogens is 4. The van der Waals surface area contributed by atoms with Crippen LogP contribution in [0.5, 0.6) is 0 Å². The lowest BCUT2D eigenvalue weighted by Crippen LogP contribution is -2.47. The molecular formula is C18H18ClF3N2O6. The number of nitro benzene ring substituents is 1. The Balaban J connectivity index is 1.73. The lowest BCUT2D eigenvalue weighted by molar-refractivity contribution is -0.385. The number of carbonyl (C=O) groups excluding carboxylic acids is 2. The van der Waals surface area contributed by atoms with Crippen LogP contribution < -0.4 is 0 Å². The molecule has 164 valence electrons. The van der Waals surface area contributed by atoms with Gasteiger partial charge in [-0.25, -0.2) is 0 Å². The van der Waals surface area contributed by atoms with Gasteiger partial charge in [0.25, 0.3) is 5.69 Å². The van der Waals surface area contributed by atoms with Crippen molar-refractivity contribution in [3.8, 4) is 0 Å². The third-order valence-corrected chi connectivity index (χ3v) is 5.46. The summed E-state index contributed by atoms with van der Waals surface area (Å²) in [4.78, 5) is 36.3. The summed E-state index contributed by atoms with van der Waals surface area (Å²) in [5.41, 5.74) is -3.15. The van der Waals surface area contributed by atoms with Gasteiger partial charge in [0.1, 0.15) is 5.02 Å². The van der Waals surface area contributed by atoms with Crippen LogP contribution in [0.3, 0.4) is 0 Å². The number of nitrogens with zero attached hydrogens (tertiary/aromatic N) is 2. The van der Waals surface area contributed by atoms with E-state index in [-0.39, 0.29) is 25.3 Å². The van der Waals surface area contributed by atoms with Gasteiger partial charge < -0.3 is 14.4 Å². The molecule has 0 bridgehead atoms. The van der Waals surface area contributed by atoms with Crippen molar-refractivity contribution < 1.29 is 37.2 Å². The summed E-state index contributed by atoms with van der Waals surface area (Å²) in [6, 6.07) is 0.686. The van der Waals surface area contributed by atoms with Crippen molar-refractivity contribution in [2.75, 3.05) is 19.7 Å². The van der Waals surface area contributed by atoms with Crippen LogP contribution in [-0.2, 0) is 20.4 Å². The van der Waals surface area contributed by atoms with E-state index in [2.05, 4.69) is 0 Å². The highest BCUT2D eigenvalue weighted by Gasteiger charge is 2.43. The molecule has 1 atom stereocenters. The summed E-state index contributed by atoms with van der Waals surface area (Å²) in [6.07, 6.45) is -4.95. The van der Waals surface area contributed by atoms with E-state index in [0.717, 1.165) is 0 Å². The van der Waals surface area contributed by atoms with Gasteiger partial charge >= 0.3 is 6.18 Å². The average Bonchev–Trinajstić information content (AvgIpc) is 3.01. The van der Waals surface area contributed by atoms with Crippen molar-refractivity contribution in [2.45, 2.75) is 44.3 Å². The predicted octanol–water partition coefficient (Wildman–Crippen LogP) is 3.59. The van der Waals surface area contributed by atoms with E-state index in [0.29, 0.717) is 25.5 Å². The maximum Gasteiger partial charge on any atom is 0.416 e. The molecule has 12 heteroatoms. The van der Waals surface area contributed by atoms with E-state index in [1.165, 1.54) is 4.90 Å². The normalized spacial score (nSPS) is 21.1. The summed E-state index contributed by atoms with van der Waals surface area (Å²) in [5.74, 6) is -2.40. The van der Waals surface area contributed by atoms with Crippen LogP contribution in [0.1, 0.15) is 42.1 Å². The van der Waals surface area contributed by atoms with Crippen molar-refractivity contribution in [2.24, 2.45) is 0 Å². The molecule has 0 aromatic heterocycles. The van der Waals surface area contributed by atoms with E-state index in [4.69, 9.17) is 21.1 Å². The van der Waals surface area contributed by atoms with Gasteiger partial charge in [0.15, 0.2) is 11.6 Å². The van der Waals surface area contributed by atoms with Crippen LogP contribution >= 0.6 is 11.6 Å². The standard InChI is InChI=1S/C18H18ClF3N2O6/c1-10-9-29-17(30-10)2-4-23(5-3-17)15(26)8-14(25)12-6-11(18(20,21)22)7-13(16(12)19)24(27)28/h6-7,10H,2-5,8-9H2,1H3/t10-/m0/s1. The molecule has 8 nitrogen and oxygen atoms in total. The summed E-state index contributed by atoms with van der Waals surface area (Å²) >= 11 is 5.80. The molecule has 0 radical (unpaired) electrons. The van der Waals surface area contributed by atoms with E-state index in [1.54, 1.807) is 0 Å². The number of piperidine rings is 1. The zero-order valence-electron chi connectivity index (χ0n) is 15.8. The monoisotopic (exact) mass is 450 g/mol. The Labute approximate surface area is 174 Å². The Kier molecular flexibility index (Phi) is 6.08. The molecule has 0 unspecified atom stereocenters. The zero-order valence-corrected chi connectivity index (χ0v) is 16.6. The predicted molar refractivity (Wildman–Crippen MR) is 97.1 cm³/mol. The first-order valence-corrected chi connectivity index (χ1v) is 9.47. The molecule has 2 heterocycles. The van der Waals surface area contributed by atoms with E-state index < -0.39 is 56.8 Å². The summed E-state index contributed by atoms with van der Waals surface area (Å²) in [7, 11) is 0. The number of amides is 1.